The highest BCUT2D eigenvalue weighted by Gasteiger charge is 2.28. The Hall–Kier alpha value is -1.16. The van der Waals surface area contributed by atoms with Crippen molar-refractivity contribution in [1.29, 1.82) is 0 Å². The van der Waals surface area contributed by atoms with Crippen LogP contribution >= 0.6 is 0 Å². The first kappa shape index (κ1) is 16.9. The van der Waals surface area contributed by atoms with Gasteiger partial charge in [-0.1, -0.05) is 6.58 Å². The minimum Gasteiger partial charge on any atom is -0.465 e. The molecule has 1 fully saturated rings. The molecule has 0 saturated carbocycles. The molecule has 1 aliphatic rings. The fourth-order valence-corrected chi connectivity index (χ4v) is 2.15. The molecule has 4 heteroatoms. The predicted molar refractivity (Wildman–Crippen MR) is 77.4 cm³/mol. The van der Waals surface area contributed by atoms with E-state index in [-0.39, 0.29) is 18.2 Å². The maximum absolute atomic E-state index is 11.6. The lowest BCUT2D eigenvalue weighted by Crippen LogP contribution is -2.23. The number of aldehydes is 1. The lowest BCUT2D eigenvalue weighted by Gasteiger charge is -2.17. The van der Waals surface area contributed by atoms with Crippen molar-refractivity contribution >= 4 is 12.3 Å². The van der Waals surface area contributed by atoms with Crippen LogP contribution < -0.4 is 0 Å². The fraction of sp³-hybridized carbons (Fsp3) is 0.750. The van der Waals surface area contributed by atoms with Crippen LogP contribution in [0.4, 0.5) is 0 Å². The van der Waals surface area contributed by atoms with Gasteiger partial charge in [0.05, 0.1) is 24.2 Å². The van der Waals surface area contributed by atoms with Gasteiger partial charge in [0.1, 0.15) is 6.29 Å². The third-order valence-electron chi connectivity index (χ3n) is 3.36. The van der Waals surface area contributed by atoms with Gasteiger partial charge < -0.3 is 14.3 Å². The van der Waals surface area contributed by atoms with Crippen molar-refractivity contribution in [2.24, 2.45) is 5.41 Å². The predicted octanol–water partition coefficient (Wildman–Crippen LogP) is 3.05. The molecular weight excluding hydrogens is 256 g/mol. The number of hydrogen-bond acceptors (Lipinski definition) is 4. The van der Waals surface area contributed by atoms with Gasteiger partial charge in [-0.2, -0.15) is 0 Å². The van der Waals surface area contributed by atoms with Gasteiger partial charge in [-0.3, -0.25) is 4.79 Å². The zero-order chi connectivity index (χ0) is 15.2. The molecule has 4 nitrogen and oxygen atoms in total. The summed E-state index contributed by atoms with van der Waals surface area (Å²) >= 11 is 0. The second-order valence-corrected chi connectivity index (χ2v) is 6.38. The van der Waals surface area contributed by atoms with Crippen LogP contribution in [0.5, 0.6) is 0 Å². The molecule has 0 bridgehead atoms. The third kappa shape index (κ3) is 5.45. The van der Waals surface area contributed by atoms with E-state index in [0.717, 1.165) is 37.5 Å². The molecule has 0 aromatic carbocycles. The highest BCUT2D eigenvalue weighted by Crippen LogP contribution is 2.29. The van der Waals surface area contributed by atoms with Crippen molar-refractivity contribution in [2.45, 2.75) is 65.1 Å². The topological polar surface area (TPSA) is 52.6 Å². The zero-order valence-electron chi connectivity index (χ0n) is 12.8. The molecule has 1 rings (SSSR count). The van der Waals surface area contributed by atoms with E-state index >= 15 is 0 Å². The minimum atomic E-state index is -0.446. The number of carbonyl (C=O) groups is 2. The van der Waals surface area contributed by atoms with Crippen molar-refractivity contribution in [3.8, 4) is 0 Å². The molecule has 0 N–H and O–H groups in total. The second-order valence-electron chi connectivity index (χ2n) is 6.38. The SMILES string of the molecule is C=C1C[C@H](CCCOC(=O)C(C)(C)C)O[C@H]1CCC=O. The van der Waals surface area contributed by atoms with Gasteiger partial charge in [0.15, 0.2) is 0 Å². The van der Waals surface area contributed by atoms with Crippen LogP contribution in [0.25, 0.3) is 0 Å². The summed E-state index contributed by atoms with van der Waals surface area (Å²) in [4.78, 5) is 22.0. The summed E-state index contributed by atoms with van der Waals surface area (Å²) in [6, 6.07) is 0. The molecule has 2 atom stereocenters. The maximum Gasteiger partial charge on any atom is 0.311 e. The zero-order valence-corrected chi connectivity index (χ0v) is 12.8. The molecule has 114 valence electrons. The molecule has 0 amide bonds. The minimum absolute atomic E-state index is 0.0160. The summed E-state index contributed by atoms with van der Waals surface area (Å²) in [6.07, 6.45) is 4.80. The molecule has 1 saturated heterocycles. The van der Waals surface area contributed by atoms with E-state index in [1.807, 2.05) is 20.8 Å². The van der Waals surface area contributed by atoms with Crippen molar-refractivity contribution in [3.63, 3.8) is 0 Å². The molecule has 0 aromatic rings. The van der Waals surface area contributed by atoms with Gasteiger partial charge in [-0.05, 0) is 52.0 Å². The average Bonchev–Trinajstić information content (AvgIpc) is 2.71. The lowest BCUT2D eigenvalue weighted by molar-refractivity contribution is -0.153. The van der Waals surface area contributed by atoms with E-state index in [1.54, 1.807) is 0 Å². The average molecular weight is 282 g/mol. The first-order valence-electron chi connectivity index (χ1n) is 7.28. The van der Waals surface area contributed by atoms with Gasteiger partial charge in [0.2, 0.25) is 0 Å². The quantitative estimate of drug-likeness (QED) is 0.312. The van der Waals surface area contributed by atoms with Crippen LogP contribution in [0.1, 0.15) is 52.9 Å². The van der Waals surface area contributed by atoms with Crippen molar-refractivity contribution in [3.05, 3.63) is 12.2 Å². The highest BCUT2D eigenvalue weighted by atomic mass is 16.5. The van der Waals surface area contributed by atoms with Crippen molar-refractivity contribution < 1.29 is 19.1 Å². The van der Waals surface area contributed by atoms with Crippen LogP contribution in [0.3, 0.4) is 0 Å². The summed E-state index contributed by atoms with van der Waals surface area (Å²) < 4.78 is 11.1. The van der Waals surface area contributed by atoms with Crippen LogP contribution in [-0.4, -0.2) is 31.1 Å². The first-order valence-corrected chi connectivity index (χ1v) is 7.28. The Morgan fingerprint density at radius 2 is 2.15 bits per heavy atom. The van der Waals surface area contributed by atoms with E-state index < -0.39 is 5.41 Å². The van der Waals surface area contributed by atoms with Crippen LogP contribution in [0, 0.1) is 5.41 Å². The Balaban J connectivity index is 2.19. The molecular formula is C16H26O4. The van der Waals surface area contributed by atoms with Crippen molar-refractivity contribution in [2.75, 3.05) is 6.61 Å². The van der Waals surface area contributed by atoms with E-state index in [1.165, 1.54) is 0 Å². The summed E-state index contributed by atoms with van der Waals surface area (Å²) in [5.74, 6) is -0.168. The normalized spacial score (nSPS) is 22.9. The van der Waals surface area contributed by atoms with Crippen molar-refractivity contribution in [1.82, 2.24) is 0 Å². The van der Waals surface area contributed by atoms with E-state index in [0.29, 0.717) is 13.0 Å². The third-order valence-corrected chi connectivity index (χ3v) is 3.36. The van der Waals surface area contributed by atoms with Gasteiger partial charge in [-0.25, -0.2) is 0 Å². The van der Waals surface area contributed by atoms with Gasteiger partial charge >= 0.3 is 5.97 Å². The monoisotopic (exact) mass is 282 g/mol. The van der Waals surface area contributed by atoms with Gasteiger partial charge in [-0.15, -0.1) is 0 Å². The Labute approximate surface area is 121 Å². The smallest absolute Gasteiger partial charge is 0.311 e. The summed E-state index contributed by atoms with van der Waals surface area (Å²) in [5.41, 5.74) is 0.626. The number of ether oxygens (including phenoxy) is 2. The van der Waals surface area contributed by atoms with Gasteiger partial charge in [0, 0.05) is 6.42 Å². The number of hydrogen-bond donors (Lipinski definition) is 0. The van der Waals surface area contributed by atoms with Gasteiger partial charge in [0.25, 0.3) is 0 Å². The molecule has 0 radical (unpaired) electrons. The number of rotatable bonds is 7. The summed E-state index contributed by atoms with van der Waals surface area (Å²) in [6.45, 7) is 9.97. The largest absolute Gasteiger partial charge is 0.465 e. The van der Waals surface area contributed by atoms with Crippen LogP contribution in [0.15, 0.2) is 12.2 Å². The van der Waals surface area contributed by atoms with E-state index in [2.05, 4.69) is 6.58 Å². The Morgan fingerprint density at radius 3 is 2.75 bits per heavy atom. The Kier molecular flexibility index (Phi) is 6.40. The number of carbonyl (C=O) groups excluding carboxylic acids is 2. The number of esters is 1. The Morgan fingerprint density at radius 1 is 1.45 bits per heavy atom. The first-order chi connectivity index (χ1) is 9.34. The lowest BCUT2D eigenvalue weighted by atomic mass is 9.97. The molecule has 20 heavy (non-hydrogen) atoms. The molecule has 1 aliphatic heterocycles. The molecule has 0 aliphatic carbocycles. The molecule has 0 unspecified atom stereocenters. The molecule has 1 heterocycles. The molecule has 0 aromatic heterocycles. The maximum atomic E-state index is 11.6. The van der Waals surface area contributed by atoms with E-state index in [9.17, 15) is 9.59 Å². The van der Waals surface area contributed by atoms with E-state index in [4.69, 9.17) is 9.47 Å². The highest BCUT2D eigenvalue weighted by molar-refractivity contribution is 5.75. The second kappa shape index (κ2) is 7.58. The Bertz CT molecular complexity index is 354. The summed E-state index contributed by atoms with van der Waals surface area (Å²) in [7, 11) is 0. The van der Waals surface area contributed by atoms with Crippen LogP contribution in [-0.2, 0) is 19.1 Å². The summed E-state index contributed by atoms with van der Waals surface area (Å²) in [5, 5.41) is 0. The van der Waals surface area contributed by atoms with Crippen LogP contribution in [0.2, 0.25) is 0 Å². The standard InChI is InChI=1S/C16H26O4/c1-12-11-13(20-14(12)8-5-9-17)7-6-10-19-15(18)16(2,3)4/h9,13-14H,1,5-8,10-11H2,2-4H3/t13-,14-/m0/s1. The fourth-order valence-electron chi connectivity index (χ4n) is 2.15. The molecule has 0 spiro atoms.